The highest BCUT2D eigenvalue weighted by molar-refractivity contribution is 7.30. The first-order valence-corrected chi connectivity index (χ1v) is 3.56. The Kier molecular flexibility index (Phi) is 8.46. The Hall–Kier alpha value is -0.840. The predicted octanol–water partition coefficient (Wildman–Crippen LogP) is -0.276. The molecule has 0 saturated carbocycles. The molecule has 11 heavy (non-hydrogen) atoms. The Morgan fingerprint density at radius 1 is 1.18 bits per heavy atom. The molecule has 0 aromatic rings. The van der Waals surface area contributed by atoms with Crippen LogP contribution in [0.5, 0.6) is 0 Å². The molecule has 0 saturated heterocycles. The fraction of sp³-hybridized carbons (Fsp3) is 0.500. The van der Waals surface area contributed by atoms with Crippen molar-refractivity contribution in [2.75, 3.05) is 0 Å². The van der Waals surface area contributed by atoms with Gasteiger partial charge in [0.25, 0.3) is 0 Å². The normalized spacial score (nSPS) is 7.27. The van der Waals surface area contributed by atoms with E-state index in [9.17, 15) is 9.59 Å². The first-order chi connectivity index (χ1) is 4.86. The molecule has 0 amide bonds. The van der Waals surface area contributed by atoms with Crippen LogP contribution in [0.2, 0.25) is 0 Å². The first-order valence-electron chi connectivity index (χ1n) is 2.40. The number of hydrogen-bond acceptors (Lipinski definition) is 4. The van der Waals surface area contributed by atoms with Crippen LogP contribution in [0.15, 0.2) is 0 Å². The van der Waals surface area contributed by atoms with Crippen LogP contribution in [0.25, 0.3) is 0 Å². The van der Waals surface area contributed by atoms with Crippen LogP contribution in [0, 0.1) is 0 Å². The fourth-order valence-electron chi connectivity index (χ4n) is 0.202. The second-order valence-corrected chi connectivity index (χ2v) is 1.84. The molecule has 64 valence electrons. The Bertz CT molecular complexity index is 148. The fourth-order valence-corrected chi connectivity index (χ4v) is 0.202. The third-order valence-corrected chi connectivity index (χ3v) is 0.287. The zero-order chi connectivity index (χ0) is 9.44. The summed E-state index contributed by atoms with van der Waals surface area (Å²) in [5.41, 5.74) is 0. The molecule has 0 aliphatic carbocycles. The van der Waals surface area contributed by atoms with E-state index in [0.717, 1.165) is 0 Å². The van der Waals surface area contributed by atoms with Gasteiger partial charge in [-0.2, -0.15) is 0 Å². The van der Waals surface area contributed by atoms with Crippen LogP contribution in [-0.4, -0.2) is 21.7 Å². The van der Waals surface area contributed by atoms with Crippen LogP contribution in [-0.2, 0) is 18.9 Å². The minimum atomic E-state index is -2.87. The van der Waals surface area contributed by atoms with Gasteiger partial charge in [0.1, 0.15) is 0 Å². The lowest BCUT2D eigenvalue weighted by Crippen LogP contribution is -2.03. The molecule has 0 rings (SSSR count). The van der Waals surface area contributed by atoms with E-state index >= 15 is 0 Å². The van der Waals surface area contributed by atoms with Gasteiger partial charge in [-0.1, -0.05) is 0 Å². The van der Waals surface area contributed by atoms with Gasteiger partial charge in [-0.15, -0.1) is 9.79 Å². The van der Waals surface area contributed by atoms with E-state index in [0.29, 0.717) is 0 Å². The molecular weight excluding hydrogens is 175 g/mol. The van der Waals surface area contributed by atoms with E-state index in [1.807, 2.05) is 0 Å². The van der Waals surface area contributed by atoms with Crippen molar-refractivity contribution in [1.82, 2.24) is 0 Å². The van der Waals surface area contributed by atoms with E-state index in [-0.39, 0.29) is 0 Å². The molecule has 0 aromatic carbocycles. The number of ether oxygens (including phenoxy) is 1. The summed E-state index contributed by atoms with van der Waals surface area (Å²) in [5, 5.41) is 0. The summed E-state index contributed by atoms with van der Waals surface area (Å²) in [5.74, 6) is -1.12. The molecule has 0 atom stereocenters. The molecule has 0 heterocycles. The van der Waals surface area contributed by atoms with Crippen LogP contribution in [0.4, 0.5) is 0 Å². The van der Waals surface area contributed by atoms with Gasteiger partial charge in [-0.3, -0.25) is 9.59 Å². The predicted molar refractivity (Wildman–Crippen MR) is 34.5 cm³/mol. The average Bonchev–Trinajstić information content (AvgIpc) is 1.56. The molecule has 0 aromatic heterocycles. The Morgan fingerprint density at radius 2 is 1.36 bits per heavy atom. The summed E-state index contributed by atoms with van der Waals surface area (Å²) in [6.45, 7) is 2.36. The van der Waals surface area contributed by atoms with Crippen molar-refractivity contribution in [2.45, 2.75) is 13.8 Å². The average molecular weight is 183 g/mol. The van der Waals surface area contributed by atoms with E-state index in [1.54, 1.807) is 0 Å². The Balaban J connectivity index is 0. The van der Waals surface area contributed by atoms with Crippen LogP contribution >= 0.6 is 8.25 Å². The summed E-state index contributed by atoms with van der Waals surface area (Å²) in [7, 11) is -2.87. The number of carbonyl (C=O) groups is 2. The molecule has 0 radical (unpaired) electrons. The quantitative estimate of drug-likeness (QED) is 0.304. The topological polar surface area (TPSA) is 101 Å². The highest BCUT2D eigenvalue weighted by Gasteiger charge is 1.93. The minimum absolute atomic E-state index is 0.562. The SMILES string of the molecule is CC(=O)OC(C)=O.O=[P+](O)O. The van der Waals surface area contributed by atoms with Gasteiger partial charge in [0.15, 0.2) is 0 Å². The van der Waals surface area contributed by atoms with E-state index in [4.69, 9.17) is 14.4 Å². The first kappa shape index (κ1) is 12.8. The van der Waals surface area contributed by atoms with Gasteiger partial charge >= 0.3 is 20.2 Å². The van der Waals surface area contributed by atoms with Crippen molar-refractivity contribution < 1.29 is 28.7 Å². The van der Waals surface area contributed by atoms with Gasteiger partial charge in [0, 0.05) is 18.4 Å². The summed E-state index contributed by atoms with van der Waals surface area (Å²) >= 11 is 0. The number of carbonyl (C=O) groups excluding carboxylic acids is 2. The summed E-state index contributed by atoms with van der Waals surface area (Å²) in [6, 6.07) is 0. The van der Waals surface area contributed by atoms with E-state index in [2.05, 4.69) is 4.74 Å². The molecular formula is C4H8O6P+. The van der Waals surface area contributed by atoms with Crippen LogP contribution in [0.1, 0.15) is 13.8 Å². The molecule has 6 nitrogen and oxygen atoms in total. The lowest BCUT2D eigenvalue weighted by molar-refractivity contribution is -0.156. The molecule has 0 bridgehead atoms. The molecule has 2 N–H and O–H groups in total. The zero-order valence-corrected chi connectivity index (χ0v) is 6.87. The molecule has 0 fully saturated rings. The maximum Gasteiger partial charge on any atom is 0.692 e. The van der Waals surface area contributed by atoms with Gasteiger partial charge in [0.2, 0.25) is 0 Å². The van der Waals surface area contributed by atoms with Crippen LogP contribution in [0.3, 0.4) is 0 Å². The van der Waals surface area contributed by atoms with Crippen molar-refractivity contribution in [3.63, 3.8) is 0 Å². The maximum absolute atomic E-state index is 9.81. The van der Waals surface area contributed by atoms with E-state index in [1.165, 1.54) is 13.8 Å². The minimum Gasteiger partial charge on any atom is -0.394 e. The van der Waals surface area contributed by atoms with Gasteiger partial charge in [-0.25, -0.2) is 0 Å². The van der Waals surface area contributed by atoms with Crippen molar-refractivity contribution in [2.24, 2.45) is 0 Å². The molecule has 0 aliphatic heterocycles. The summed E-state index contributed by atoms with van der Waals surface area (Å²) in [4.78, 5) is 33.9. The van der Waals surface area contributed by atoms with Crippen molar-refractivity contribution in [3.05, 3.63) is 0 Å². The largest absolute Gasteiger partial charge is 0.692 e. The lowest BCUT2D eigenvalue weighted by atomic mass is 10.7. The van der Waals surface area contributed by atoms with Gasteiger partial charge in [-0.05, 0) is 0 Å². The Labute approximate surface area is 63.7 Å². The van der Waals surface area contributed by atoms with Crippen molar-refractivity contribution in [1.29, 1.82) is 0 Å². The third kappa shape index (κ3) is 47.0. The van der Waals surface area contributed by atoms with Crippen molar-refractivity contribution >= 4 is 20.2 Å². The molecule has 0 spiro atoms. The second-order valence-electron chi connectivity index (χ2n) is 1.34. The van der Waals surface area contributed by atoms with E-state index < -0.39 is 20.2 Å². The highest BCUT2D eigenvalue weighted by Crippen LogP contribution is 1.98. The number of rotatable bonds is 0. The summed E-state index contributed by atoms with van der Waals surface area (Å²) in [6.07, 6.45) is 0. The third-order valence-electron chi connectivity index (χ3n) is 0.287. The highest BCUT2D eigenvalue weighted by atomic mass is 31.1. The summed E-state index contributed by atoms with van der Waals surface area (Å²) < 4.78 is 12.7. The lowest BCUT2D eigenvalue weighted by Gasteiger charge is -1.87. The van der Waals surface area contributed by atoms with Crippen LogP contribution < -0.4 is 0 Å². The second kappa shape index (κ2) is 7.27. The number of hydrogen-bond donors (Lipinski definition) is 2. The van der Waals surface area contributed by atoms with Crippen molar-refractivity contribution in [3.8, 4) is 0 Å². The Morgan fingerprint density at radius 3 is 1.36 bits per heavy atom. The maximum atomic E-state index is 9.81. The molecule has 7 heteroatoms. The molecule has 0 unspecified atom stereocenters. The monoisotopic (exact) mass is 183 g/mol. The molecule has 0 aliphatic rings. The van der Waals surface area contributed by atoms with Gasteiger partial charge in [0.05, 0.1) is 0 Å². The zero-order valence-electron chi connectivity index (χ0n) is 5.97. The number of esters is 2. The standard InChI is InChI=1S/C4H6O3.HO3P/c1-3(5)7-4(2)6;1-4(2)3/h1-2H3;(H-,1,2,3)/p+1. The smallest absolute Gasteiger partial charge is 0.394 e. The van der Waals surface area contributed by atoms with Gasteiger partial charge < -0.3 is 4.74 Å².